The number of piperidine rings is 1. The zero-order valence-electron chi connectivity index (χ0n) is 34.2. The first-order valence-corrected chi connectivity index (χ1v) is 20.1. The highest BCUT2D eigenvalue weighted by molar-refractivity contribution is 6.08. The zero-order valence-corrected chi connectivity index (χ0v) is 34.2. The van der Waals surface area contributed by atoms with Crippen molar-refractivity contribution < 1.29 is 56.9 Å². The first-order valence-electron chi connectivity index (χ1n) is 20.1. The van der Waals surface area contributed by atoms with E-state index in [2.05, 4.69) is 21.3 Å². The largest absolute Gasteiger partial charge is 0.542 e. The Labute approximate surface area is 340 Å². The minimum Gasteiger partial charge on any atom is -0.542 e. The molecule has 1 aliphatic rings. The third kappa shape index (κ3) is 14.2. The van der Waals surface area contributed by atoms with Gasteiger partial charge in [-0.1, -0.05) is 52.5 Å². The highest BCUT2D eigenvalue weighted by Gasteiger charge is 2.35. The molecule has 17 nitrogen and oxygen atoms in total. The summed E-state index contributed by atoms with van der Waals surface area (Å²) in [6.45, 7) is 9.02. The minimum absolute atomic E-state index is 0.0568. The molecule has 4 N–H and O–H groups in total. The van der Waals surface area contributed by atoms with Gasteiger partial charge < -0.3 is 44.6 Å². The Kier molecular flexibility index (Phi) is 20.3. The molecule has 318 valence electrons. The van der Waals surface area contributed by atoms with Crippen molar-refractivity contribution in [3.63, 3.8) is 0 Å². The van der Waals surface area contributed by atoms with E-state index in [1.807, 2.05) is 20.8 Å². The SMILES string of the molecule is BOC(=O)[C@H](CC(=O)OCCCC)NC(=O)c1ccc(-c2ccc(C(=O)NCNC(=O)[C@H](CCCCC)[C@@H](CC)N(C=O)OC(=O)C3CCNCC3)o2)cc1OCC. The number of hydrogen-bond acceptors (Lipinski definition) is 13. The third-order valence-electron chi connectivity index (χ3n) is 9.71. The zero-order chi connectivity index (χ0) is 42.5. The Hall–Kier alpha value is -5.39. The standard InChI is InChI=1S/C40H58BN5O12/c1-5-9-11-12-28(31(7-3)46(25-47)58-39(52)26-17-19-42-20-18-26)36(49)43-24-44-38(51)33-16-15-32(56-33)27-13-14-29(34(22-27)54-8-4)37(50)45-30(40(53)57-41)23-35(48)55-21-10-6-2/h13-16,22,25-26,28,30-31,42H,5-12,17-21,23-24,41H2,1-4H3,(H,43,49)(H,44,51)(H,45,50)/t28-,30+,31-/m1/s1. The van der Waals surface area contributed by atoms with E-state index < -0.39 is 60.1 Å². The second-order valence-electron chi connectivity index (χ2n) is 13.8. The maximum Gasteiger partial charge on any atom is 0.335 e. The van der Waals surface area contributed by atoms with Crippen LogP contribution in [-0.2, 0) is 38.2 Å². The number of furan rings is 1. The Morgan fingerprint density at radius 1 is 0.966 bits per heavy atom. The Bertz CT molecular complexity index is 1680. The van der Waals surface area contributed by atoms with Crippen molar-refractivity contribution in [2.45, 2.75) is 104 Å². The van der Waals surface area contributed by atoms with Gasteiger partial charge in [0.25, 0.3) is 11.8 Å². The summed E-state index contributed by atoms with van der Waals surface area (Å²) in [6, 6.07) is 5.58. The number of carbonyl (C=O) groups excluding carboxylic acids is 7. The normalized spacial score (nSPS) is 14.2. The van der Waals surface area contributed by atoms with Crippen LogP contribution in [0.4, 0.5) is 0 Å². The van der Waals surface area contributed by atoms with E-state index in [0.29, 0.717) is 63.6 Å². The van der Waals surface area contributed by atoms with Crippen molar-refractivity contribution in [3.05, 3.63) is 41.7 Å². The number of rotatable bonds is 25. The molecule has 0 radical (unpaired) electrons. The fraction of sp³-hybridized carbons (Fsp3) is 0.575. The molecule has 2 aromatic rings. The number of nitrogens with one attached hydrogen (secondary N) is 4. The number of hydrogen-bond donors (Lipinski definition) is 4. The lowest BCUT2D eigenvalue weighted by molar-refractivity contribution is -0.208. The molecule has 1 aromatic heterocycles. The van der Waals surface area contributed by atoms with Gasteiger partial charge in [-0.2, -0.15) is 5.06 Å². The number of benzene rings is 1. The van der Waals surface area contributed by atoms with Gasteiger partial charge in [-0.25, -0.2) is 4.79 Å². The van der Waals surface area contributed by atoms with Crippen molar-refractivity contribution in [2.24, 2.45) is 11.8 Å². The molecule has 58 heavy (non-hydrogen) atoms. The summed E-state index contributed by atoms with van der Waals surface area (Å²) in [5.41, 5.74) is 0.547. The van der Waals surface area contributed by atoms with Crippen molar-refractivity contribution in [1.29, 1.82) is 0 Å². The van der Waals surface area contributed by atoms with Gasteiger partial charge in [0.05, 0.1) is 49.7 Å². The van der Waals surface area contributed by atoms with Crippen LogP contribution in [0.25, 0.3) is 11.3 Å². The topological polar surface area (TPSA) is 221 Å². The molecule has 0 aliphatic carbocycles. The van der Waals surface area contributed by atoms with Gasteiger partial charge in [0, 0.05) is 5.56 Å². The molecule has 0 bridgehead atoms. The molecule has 1 fully saturated rings. The van der Waals surface area contributed by atoms with Gasteiger partial charge in [-0.3, -0.25) is 28.8 Å². The number of nitrogens with zero attached hydrogens (tertiary/aromatic N) is 1. The number of ether oxygens (including phenoxy) is 2. The molecule has 1 aliphatic heterocycles. The molecular weight excluding hydrogens is 753 g/mol. The first kappa shape index (κ1) is 47.0. The Balaban J connectivity index is 1.67. The Morgan fingerprint density at radius 3 is 2.36 bits per heavy atom. The predicted octanol–water partition coefficient (Wildman–Crippen LogP) is 2.96. The lowest BCUT2D eigenvalue weighted by atomic mass is 9.90. The van der Waals surface area contributed by atoms with Crippen molar-refractivity contribution in [1.82, 2.24) is 26.3 Å². The average molecular weight is 812 g/mol. The monoisotopic (exact) mass is 811 g/mol. The summed E-state index contributed by atoms with van der Waals surface area (Å²) in [5.74, 6) is -4.36. The molecule has 1 saturated heterocycles. The van der Waals surface area contributed by atoms with E-state index in [9.17, 15) is 33.6 Å². The van der Waals surface area contributed by atoms with Crippen molar-refractivity contribution in [3.8, 4) is 17.1 Å². The van der Waals surface area contributed by atoms with E-state index in [1.165, 1.54) is 12.1 Å². The molecule has 18 heteroatoms. The average Bonchev–Trinajstić information content (AvgIpc) is 3.73. The summed E-state index contributed by atoms with van der Waals surface area (Å²) in [5, 5.41) is 12.0. The van der Waals surface area contributed by atoms with Gasteiger partial charge in [0.15, 0.2) is 5.76 Å². The summed E-state index contributed by atoms with van der Waals surface area (Å²) in [4.78, 5) is 95.2. The molecule has 0 saturated carbocycles. The van der Waals surface area contributed by atoms with Crippen LogP contribution in [0.3, 0.4) is 0 Å². The number of unbranched alkanes of at least 4 members (excludes halogenated alkanes) is 3. The van der Waals surface area contributed by atoms with Crippen LogP contribution in [0, 0.1) is 11.8 Å². The molecule has 4 amide bonds. The van der Waals surface area contributed by atoms with Crippen LogP contribution >= 0.6 is 0 Å². The van der Waals surface area contributed by atoms with Gasteiger partial charge in [0.1, 0.15) is 17.6 Å². The van der Waals surface area contributed by atoms with E-state index in [1.54, 1.807) is 25.1 Å². The predicted molar refractivity (Wildman–Crippen MR) is 213 cm³/mol. The summed E-state index contributed by atoms with van der Waals surface area (Å²) >= 11 is 0. The number of hydroxylamine groups is 2. The molecular formula is C40H58BN5O12. The fourth-order valence-corrected chi connectivity index (χ4v) is 6.47. The molecule has 3 atom stereocenters. The van der Waals surface area contributed by atoms with Crippen LogP contribution in [0.2, 0.25) is 0 Å². The highest BCUT2D eigenvalue weighted by atomic mass is 16.7. The fourth-order valence-electron chi connectivity index (χ4n) is 6.47. The number of carbonyl (C=O) groups is 7. The second kappa shape index (κ2) is 25.1. The Morgan fingerprint density at radius 2 is 1.71 bits per heavy atom. The smallest absolute Gasteiger partial charge is 0.335 e. The molecule has 0 spiro atoms. The van der Waals surface area contributed by atoms with Crippen LogP contribution in [0.1, 0.15) is 113 Å². The third-order valence-corrected chi connectivity index (χ3v) is 9.71. The molecule has 0 unspecified atom stereocenters. The van der Waals surface area contributed by atoms with Gasteiger partial charge in [0.2, 0.25) is 12.3 Å². The number of esters is 1. The van der Waals surface area contributed by atoms with Gasteiger partial charge in [-0.05, 0) is 76.4 Å². The summed E-state index contributed by atoms with van der Waals surface area (Å²) in [6.07, 6.45) is 5.98. The maximum atomic E-state index is 13.6. The first-order chi connectivity index (χ1) is 28.0. The molecule has 2 heterocycles. The van der Waals surface area contributed by atoms with Crippen LogP contribution in [-0.4, -0.2) is 100 Å². The maximum absolute atomic E-state index is 13.6. The summed E-state index contributed by atoms with van der Waals surface area (Å²) < 4.78 is 21.5. The summed E-state index contributed by atoms with van der Waals surface area (Å²) in [7, 11) is 1.15. The van der Waals surface area contributed by atoms with Crippen LogP contribution < -0.4 is 26.0 Å². The van der Waals surface area contributed by atoms with E-state index >= 15 is 0 Å². The van der Waals surface area contributed by atoms with Gasteiger partial charge in [-0.15, -0.1) is 0 Å². The van der Waals surface area contributed by atoms with Crippen LogP contribution in [0.15, 0.2) is 34.7 Å². The van der Waals surface area contributed by atoms with E-state index in [-0.39, 0.29) is 48.6 Å². The van der Waals surface area contributed by atoms with E-state index in [0.717, 1.165) is 32.4 Å². The quantitative estimate of drug-likeness (QED) is 0.0283. The molecule has 3 rings (SSSR count). The van der Waals surface area contributed by atoms with E-state index in [4.69, 9.17) is 23.4 Å². The van der Waals surface area contributed by atoms with Crippen molar-refractivity contribution in [2.75, 3.05) is 33.0 Å². The lowest BCUT2D eigenvalue weighted by Crippen LogP contribution is -2.49. The van der Waals surface area contributed by atoms with Crippen LogP contribution in [0.5, 0.6) is 5.75 Å². The minimum atomic E-state index is -1.29. The molecule has 1 aromatic carbocycles. The number of amides is 4. The van der Waals surface area contributed by atoms with Gasteiger partial charge >= 0.3 is 26.0 Å². The lowest BCUT2D eigenvalue weighted by Gasteiger charge is -2.33. The second-order valence-corrected chi connectivity index (χ2v) is 13.8. The van der Waals surface area contributed by atoms with Crippen molar-refractivity contribution >= 4 is 50.1 Å². The highest BCUT2D eigenvalue weighted by Crippen LogP contribution is 2.30.